The highest BCUT2D eigenvalue weighted by molar-refractivity contribution is 7.99. The minimum absolute atomic E-state index is 0.792. The third-order valence-corrected chi connectivity index (χ3v) is 3.44. The van der Waals surface area contributed by atoms with Crippen molar-refractivity contribution in [1.29, 1.82) is 0 Å². The normalized spacial score (nSPS) is 10.2. The lowest BCUT2D eigenvalue weighted by molar-refractivity contribution is 0.411. The van der Waals surface area contributed by atoms with E-state index in [-0.39, 0.29) is 0 Å². The fourth-order valence-electron chi connectivity index (χ4n) is 1.63. The van der Waals surface area contributed by atoms with E-state index in [0.29, 0.717) is 0 Å². The molecule has 2 N–H and O–H groups in total. The number of anilines is 1. The molecular formula is C14H15NOS. The van der Waals surface area contributed by atoms with Gasteiger partial charge < -0.3 is 10.5 Å². The number of nitrogen functional groups attached to an aromatic ring is 1. The van der Waals surface area contributed by atoms with Gasteiger partial charge in [-0.3, -0.25) is 0 Å². The predicted octanol–water partition coefficient (Wildman–Crippen LogP) is 3.74. The van der Waals surface area contributed by atoms with E-state index in [0.717, 1.165) is 21.9 Å². The Morgan fingerprint density at radius 3 is 2.47 bits per heavy atom. The van der Waals surface area contributed by atoms with Crippen molar-refractivity contribution in [2.24, 2.45) is 0 Å². The van der Waals surface area contributed by atoms with Crippen LogP contribution in [0, 0.1) is 6.92 Å². The van der Waals surface area contributed by atoms with E-state index in [2.05, 4.69) is 18.2 Å². The summed E-state index contributed by atoms with van der Waals surface area (Å²) in [5.74, 6) is 0.918. The molecule has 0 aliphatic carbocycles. The smallest absolute Gasteiger partial charge is 0.121 e. The quantitative estimate of drug-likeness (QED) is 0.837. The van der Waals surface area contributed by atoms with Gasteiger partial charge in [-0.1, -0.05) is 17.8 Å². The lowest BCUT2D eigenvalue weighted by Crippen LogP contribution is -1.87. The maximum absolute atomic E-state index is 5.75. The van der Waals surface area contributed by atoms with Crippen LogP contribution in [0.2, 0.25) is 0 Å². The molecule has 0 spiro atoms. The minimum Gasteiger partial charge on any atom is -0.496 e. The summed E-state index contributed by atoms with van der Waals surface area (Å²) in [6, 6.07) is 14.1. The van der Waals surface area contributed by atoms with Crippen molar-refractivity contribution in [3.8, 4) is 5.75 Å². The zero-order chi connectivity index (χ0) is 12.3. The second-order valence-corrected chi connectivity index (χ2v) is 4.95. The number of rotatable bonds is 3. The van der Waals surface area contributed by atoms with Gasteiger partial charge >= 0.3 is 0 Å². The Morgan fingerprint density at radius 1 is 1.06 bits per heavy atom. The van der Waals surface area contributed by atoms with Gasteiger partial charge in [0.05, 0.1) is 7.11 Å². The summed E-state index contributed by atoms with van der Waals surface area (Å²) in [4.78, 5) is 2.34. The van der Waals surface area contributed by atoms with Gasteiger partial charge in [0, 0.05) is 15.5 Å². The fourth-order valence-corrected chi connectivity index (χ4v) is 2.61. The number of benzene rings is 2. The van der Waals surface area contributed by atoms with Crippen LogP contribution in [-0.4, -0.2) is 7.11 Å². The first kappa shape index (κ1) is 11.9. The minimum atomic E-state index is 0.792. The Bertz CT molecular complexity index is 525. The van der Waals surface area contributed by atoms with Gasteiger partial charge in [0.15, 0.2) is 0 Å². The zero-order valence-electron chi connectivity index (χ0n) is 9.94. The average Bonchev–Trinajstić information content (AvgIpc) is 2.29. The number of hydrogen-bond donors (Lipinski definition) is 1. The van der Waals surface area contributed by atoms with Crippen LogP contribution in [0.3, 0.4) is 0 Å². The SMILES string of the molecule is COc1ccc(Sc2cccc(N)c2)cc1C. The van der Waals surface area contributed by atoms with Crippen LogP contribution in [0.4, 0.5) is 5.69 Å². The van der Waals surface area contributed by atoms with Gasteiger partial charge in [-0.05, 0) is 48.9 Å². The first-order chi connectivity index (χ1) is 8.19. The molecule has 0 saturated heterocycles. The van der Waals surface area contributed by atoms with Crippen molar-refractivity contribution in [2.75, 3.05) is 12.8 Å². The highest BCUT2D eigenvalue weighted by Crippen LogP contribution is 2.31. The maximum atomic E-state index is 5.75. The zero-order valence-corrected chi connectivity index (χ0v) is 10.8. The molecule has 0 bridgehead atoms. The summed E-state index contributed by atoms with van der Waals surface area (Å²) in [7, 11) is 1.69. The molecular weight excluding hydrogens is 230 g/mol. The van der Waals surface area contributed by atoms with Crippen LogP contribution >= 0.6 is 11.8 Å². The molecule has 0 heterocycles. The van der Waals surface area contributed by atoms with Gasteiger partial charge in [0.25, 0.3) is 0 Å². The average molecular weight is 245 g/mol. The molecule has 2 aromatic carbocycles. The van der Waals surface area contributed by atoms with Crippen molar-refractivity contribution in [3.63, 3.8) is 0 Å². The third-order valence-electron chi connectivity index (χ3n) is 2.46. The summed E-state index contributed by atoms with van der Waals surface area (Å²) >= 11 is 1.70. The molecule has 0 radical (unpaired) electrons. The molecule has 0 aliphatic rings. The van der Waals surface area contributed by atoms with Crippen LogP contribution in [0.15, 0.2) is 52.3 Å². The predicted molar refractivity (Wildman–Crippen MR) is 72.7 cm³/mol. The Balaban J connectivity index is 2.22. The number of ether oxygens (including phenoxy) is 1. The van der Waals surface area contributed by atoms with Gasteiger partial charge in [-0.15, -0.1) is 0 Å². The summed E-state index contributed by atoms with van der Waals surface area (Å²) < 4.78 is 5.24. The van der Waals surface area contributed by atoms with Gasteiger partial charge in [0.2, 0.25) is 0 Å². The molecule has 17 heavy (non-hydrogen) atoms. The molecule has 2 aromatic rings. The van der Waals surface area contributed by atoms with Gasteiger partial charge in [0.1, 0.15) is 5.75 Å². The lowest BCUT2D eigenvalue weighted by atomic mass is 10.2. The Morgan fingerprint density at radius 2 is 1.82 bits per heavy atom. The van der Waals surface area contributed by atoms with E-state index in [4.69, 9.17) is 10.5 Å². The van der Waals surface area contributed by atoms with Crippen molar-refractivity contribution in [1.82, 2.24) is 0 Å². The molecule has 0 aliphatic heterocycles. The van der Waals surface area contributed by atoms with Crippen LogP contribution in [0.1, 0.15) is 5.56 Å². The van der Waals surface area contributed by atoms with Crippen molar-refractivity contribution >= 4 is 17.4 Å². The van der Waals surface area contributed by atoms with Gasteiger partial charge in [-0.25, -0.2) is 0 Å². The van der Waals surface area contributed by atoms with Crippen LogP contribution in [0.5, 0.6) is 5.75 Å². The monoisotopic (exact) mass is 245 g/mol. The number of methoxy groups -OCH3 is 1. The molecule has 0 amide bonds. The largest absolute Gasteiger partial charge is 0.496 e. The van der Waals surface area contributed by atoms with Crippen LogP contribution in [0.25, 0.3) is 0 Å². The Labute approximate surface area is 106 Å². The maximum Gasteiger partial charge on any atom is 0.121 e. The number of hydrogen-bond acceptors (Lipinski definition) is 3. The second-order valence-electron chi connectivity index (χ2n) is 3.81. The number of aryl methyl sites for hydroxylation is 1. The van der Waals surface area contributed by atoms with Crippen molar-refractivity contribution in [2.45, 2.75) is 16.7 Å². The molecule has 0 unspecified atom stereocenters. The summed E-state index contributed by atoms with van der Waals surface area (Å²) in [5, 5.41) is 0. The van der Waals surface area contributed by atoms with E-state index in [1.807, 2.05) is 31.2 Å². The highest BCUT2D eigenvalue weighted by Gasteiger charge is 2.02. The van der Waals surface area contributed by atoms with Crippen molar-refractivity contribution in [3.05, 3.63) is 48.0 Å². The third kappa shape index (κ3) is 2.94. The lowest BCUT2D eigenvalue weighted by Gasteiger charge is -2.07. The molecule has 0 aromatic heterocycles. The van der Waals surface area contributed by atoms with E-state index in [9.17, 15) is 0 Å². The summed E-state index contributed by atoms with van der Waals surface area (Å²) in [6.45, 7) is 2.04. The summed E-state index contributed by atoms with van der Waals surface area (Å²) in [5.41, 5.74) is 7.69. The summed E-state index contributed by atoms with van der Waals surface area (Å²) in [6.07, 6.45) is 0. The number of nitrogens with two attached hydrogens (primary N) is 1. The molecule has 0 atom stereocenters. The van der Waals surface area contributed by atoms with Crippen LogP contribution in [-0.2, 0) is 0 Å². The second kappa shape index (κ2) is 5.15. The molecule has 2 rings (SSSR count). The van der Waals surface area contributed by atoms with E-state index in [1.165, 1.54) is 4.90 Å². The van der Waals surface area contributed by atoms with Crippen LogP contribution < -0.4 is 10.5 Å². The molecule has 2 nitrogen and oxygen atoms in total. The first-order valence-corrected chi connectivity index (χ1v) is 6.19. The fraction of sp³-hybridized carbons (Fsp3) is 0.143. The van der Waals surface area contributed by atoms with Gasteiger partial charge in [-0.2, -0.15) is 0 Å². The topological polar surface area (TPSA) is 35.2 Å². The standard InChI is InChI=1S/C14H15NOS/c1-10-8-13(6-7-14(10)16-2)17-12-5-3-4-11(15)9-12/h3-9H,15H2,1-2H3. The highest BCUT2D eigenvalue weighted by atomic mass is 32.2. The van der Waals surface area contributed by atoms with E-state index in [1.54, 1.807) is 18.9 Å². The first-order valence-electron chi connectivity index (χ1n) is 5.37. The van der Waals surface area contributed by atoms with E-state index < -0.39 is 0 Å². The molecule has 0 fully saturated rings. The molecule has 3 heteroatoms. The molecule has 88 valence electrons. The van der Waals surface area contributed by atoms with E-state index >= 15 is 0 Å². The molecule has 0 saturated carbocycles. The van der Waals surface area contributed by atoms with Crippen molar-refractivity contribution < 1.29 is 4.74 Å². The Hall–Kier alpha value is -1.61. The Kier molecular flexibility index (Phi) is 3.59.